The molecule has 2 heterocycles. The number of benzene rings is 2. The van der Waals surface area contributed by atoms with E-state index in [9.17, 15) is 4.79 Å². The number of hydrogen-bond donors (Lipinski definition) is 1. The molecular formula is C22H25ClN4O2. The molecule has 1 aliphatic rings. The number of nitrogens with zero attached hydrogens (tertiary/aromatic N) is 3. The van der Waals surface area contributed by atoms with Gasteiger partial charge >= 0.3 is 6.01 Å². The number of aromatic nitrogens is 1. The van der Waals surface area contributed by atoms with Gasteiger partial charge in [-0.1, -0.05) is 23.7 Å². The Morgan fingerprint density at radius 2 is 1.79 bits per heavy atom. The molecule has 1 amide bonds. The molecule has 1 fully saturated rings. The first-order valence-corrected chi connectivity index (χ1v) is 10.4. The lowest BCUT2D eigenvalue weighted by Gasteiger charge is -2.36. The highest BCUT2D eigenvalue weighted by Crippen LogP contribution is 2.20. The molecule has 0 unspecified atom stereocenters. The fraction of sp³-hybridized carbons (Fsp3) is 0.364. The van der Waals surface area contributed by atoms with Crippen LogP contribution in [0.25, 0.3) is 11.1 Å². The van der Waals surface area contributed by atoms with Crippen LogP contribution in [0.2, 0.25) is 5.02 Å². The lowest BCUT2D eigenvalue weighted by molar-refractivity contribution is -0.116. The van der Waals surface area contributed by atoms with Crippen LogP contribution >= 0.6 is 11.6 Å². The van der Waals surface area contributed by atoms with Gasteiger partial charge < -0.3 is 9.32 Å². The number of amides is 1. The summed E-state index contributed by atoms with van der Waals surface area (Å²) in [5.41, 5.74) is 2.66. The van der Waals surface area contributed by atoms with Gasteiger partial charge in [0, 0.05) is 43.3 Å². The molecule has 1 saturated heterocycles. The molecule has 1 aromatic heterocycles. The average Bonchev–Trinajstić information content (AvgIpc) is 3.14. The van der Waals surface area contributed by atoms with Gasteiger partial charge in [-0.25, -0.2) is 0 Å². The van der Waals surface area contributed by atoms with Gasteiger partial charge in [-0.05, 0) is 55.8 Å². The summed E-state index contributed by atoms with van der Waals surface area (Å²) < 4.78 is 5.53. The van der Waals surface area contributed by atoms with Crippen LogP contribution in [0, 0.1) is 0 Å². The van der Waals surface area contributed by atoms with Crippen LogP contribution in [0.1, 0.15) is 19.3 Å². The number of hydrogen-bond acceptors (Lipinski definition) is 5. The topological polar surface area (TPSA) is 61.6 Å². The maximum absolute atomic E-state index is 12.1. The van der Waals surface area contributed by atoms with E-state index in [0.29, 0.717) is 12.0 Å². The van der Waals surface area contributed by atoms with Crippen molar-refractivity contribution in [2.75, 3.05) is 42.9 Å². The molecule has 2 aromatic carbocycles. The van der Waals surface area contributed by atoms with Crippen LogP contribution in [-0.4, -0.2) is 48.5 Å². The molecule has 0 atom stereocenters. The van der Waals surface area contributed by atoms with E-state index in [1.165, 1.54) is 5.69 Å². The van der Waals surface area contributed by atoms with Crippen LogP contribution in [-0.2, 0) is 4.79 Å². The third-order valence-corrected chi connectivity index (χ3v) is 5.48. The number of halogens is 1. The van der Waals surface area contributed by atoms with Crippen molar-refractivity contribution in [2.24, 2.45) is 0 Å². The van der Waals surface area contributed by atoms with Crippen molar-refractivity contribution in [3.05, 3.63) is 53.6 Å². The summed E-state index contributed by atoms with van der Waals surface area (Å²) in [7, 11) is 0. The van der Waals surface area contributed by atoms with Crippen molar-refractivity contribution in [1.82, 2.24) is 9.88 Å². The van der Waals surface area contributed by atoms with Crippen LogP contribution in [0.15, 0.2) is 52.9 Å². The highest BCUT2D eigenvalue weighted by Gasteiger charge is 2.17. The number of carbonyl (C=O) groups excluding carboxylic acids is 1. The number of oxazole rings is 1. The smallest absolute Gasteiger partial charge is 0.302 e. The van der Waals surface area contributed by atoms with Gasteiger partial charge in [0.1, 0.15) is 5.52 Å². The fourth-order valence-corrected chi connectivity index (χ4v) is 3.74. The van der Waals surface area contributed by atoms with E-state index in [-0.39, 0.29) is 11.9 Å². The minimum Gasteiger partial charge on any atom is -0.423 e. The second-order valence-corrected chi connectivity index (χ2v) is 7.73. The number of fused-ring (bicyclic) bond motifs is 1. The normalized spacial score (nSPS) is 15.0. The van der Waals surface area contributed by atoms with Gasteiger partial charge in [-0.3, -0.25) is 15.0 Å². The number of anilines is 2. The Hall–Kier alpha value is -2.57. The van der Waals surface area contributed by atoms with Gasteiger partial charge in [-0.15, -0.1) is 0 Å². The SMILES string of the molecule is O=C(CCCCN1CCN(c2ccc(Cl)cc2)CC1)Nc1nc2ccccc2o1. The Labute approximate surface area is 175 Å². The summed E-state index contributed by atoms with van der Waals surface area (Å²) in [5.74, 6) is -0.0517. The average molecular weight is 413 g/mol. The second kappa shape index (κ2) is 9.29. The summed E-state index contributed by atoms with van der Waals surface area (Å²) >= 11 is 5.97. The standard InChI is InChI=1S/C22H25ClN4O2/c23-17-8-10-18(11-9-17)27-15-13-26(14-16-27)12-4-3-7-21(28)25-22-24-19-5-1-2-6-20(19)29-22/h1-2,5-6,8-11H,3-4,7,12-16H2,(H,24,25,28). The molecule has 6 nitrogen and oxygen atoms in total. The molecule has 0 radical (unpaired) electrons. The zero-order chi connectivity index (χ0) is 20.1. The highest BCUT2D eigenvalue weighted by atomic mass is 35.5. The van der Waals surface area contributed by atoms with E-state index in [1.807, 2.05) is 36.4 Å². The second-order valence-electron chi connectivity index (χ2n) is 7.30. The minimum absolute atomic E-state index is 0.0517. The molecule has 0 bridgehead atoms. The Bertz CT molecular complexity index is 916. The number of nitrogens with one attached hydrogen (secondary N) is 1. The fourth-order valence-electron chi connectivity index (χ4n) is 3.61. The summed E-state index contributed by atoms with van der Waals surface area (Å²) in [5, 5.41) is 3.52. The Kier molecular flexibility index (Phi) is 6.32. The highest BCUT2D eigenvalue weighted by molar-refractivity contribution is 6.30. The van der Waals surface area contributed by atoms with Crippen LogP contribution in [0.3, 0.4) is 0 Å². The predicted octanol–water partition coefficient (Wildman–Crippen LogP) is 4.41. The van der Waals surface area contributed by atoms with Crippen molar-refractivity contribution >= 4 is 40.3 Å². The molecule has 152 valence electrons. The summed E-state index contributed by atoms with van der Waals surface area (Å²) in [6.45, 7) is 5.12. The van der Waals surface area contributed by atoms with E-state index >= 15 is 0 Å². The molecule has 7 heteroatoms. The molecule has 4 rings (SSSR count). The van der Waals surface area contributed by atoms with Crippen molar-refractivity contribution in [1.29, 1.82) is 0 Å². The van der Waals surface area contributed by atoms with E-state index in [2.05, 4.69) is 32.2 Å². The molecule has 0 spiro atoms. The van der Waals surface area contributed by atoms with Gasteiger partial charge in [0.15, 0.2) is 5.58 Å². The predicted molar refractivity (Wildman–Crippen MR) is 117 cm³/mol. The molecular weight excluding hydrogens is 388 g/mol. The van der Waals surface area contributed by atoms with Gasteiger partial charge in [0.2, 0.25) is 5.91 Å². The lowest BCUT2D eigenvalue weighted by atomic mass is 10.2. The molecule has 0 saturated carbocycles. The zero-order valence-corrected chi connectivity index (χ0v) is 17.1. The summed E-state index contributed by atoms with van der Waals surface area (Å²) in [6.07, 6.45) is 2.33. The number of carbonyl (C=O) groups is 1. The molecule has 1 aliphatic heterocycles. The molecule has 29 heavy (non-hydrogen) atoms. The van der Waals surface area contributed by atoms with E-state index in [4.69, 9.17) is 16.0 Å². The monoisotopic (exact) mass is 412 g/mol. The van der Waals surface area contributed by atoms with E-state index in [1.54, 1.807) is 0 Å². The zero-order valence-electron chi connectivity index (χ0n) is 16.3. The third kappa shape index (κ3) is 5.28. The van der Waals surface area contributed by atoms with E-state index < -0.39 is 0 Å². The van der Waals surface area contributed by atoms with Gasteiger partial charge in [-0.2, -0.15) is 4.98 Å². The Balaban J connectivity index is 1.14. The number of piperazine rings is 1. The maximum Gasteiger partial charge on any atom is 0.302 e. The summed E-state index contributed by atoms with van der Waals surface area (Å²) in [4.78, 5) is 21.2. The summed E-state index contributed by atoms with van der Waals surface area (Å²) in [6, 6.07) is 15.8. The van der Waals surface area contributed by atoms with Gasteiger partial charge in [0.25, 0.3) is 0 Å². The number of unbranched alkanes of at least 4 members (excludes halogenated alkanes) is 1. The quantitative estimate of drug-likeness (QED) is 0.582. The Morgan fingerprint density at radius 1 is 1.03 bits per heavy atom. The molecule has 1 N–H and O–H groups in total. The minimum atomic E-state index is -0.0517. The number of rotatable bonds is 7. The maximum atomic E-state index is 12.1. The van der Waals surface area contributed by atoms with Crippen LogP contribution < -0.4 is 10.2 Å². The van der Waals surface area contributed by atoms with E-state index in [0.717, 1.165) is 56.1 Å². The van der Waals surface area contributed by atoms with Gasteiger partial charge in [0.05, 0.1) is 0 Å². The van der Waals surface area contributed by atoms with Crippen molar-refractivity contribution in [2.45, 2.75) is 19.3 Å². The third-order valence-electron chi connectivity index (χ3n) is 5.23. The van der Waals surface area contributed by atoms with Crippen molar-refractivity contribution in [3.63, 3.8) is 0 Å². The number of para-hydroxylation sites is 2. The van der Waals surface area contributed by atoms with Crippen LogP contribution in [0.5, 0.6) is 0 Å². The molecule has 0 aliphatic carbocycles. The molecule has 3 aromatic rings. The first-order valence-electron chi connectivity index (χ1n) is 10.1. The Morgan fingerprint density at radius 3 is 2.55 bits per heavy atom. The first kappa shape index (κ1) is 19.7. The largest absolute Gasteiger partial charge is 0.423 e. The van der Waals surface area contributed by atoms with Crippen molar-refractivity contribution < 1.29 is 9.21 Å². The first-order chi connectivity index (χ1) is 14.2. The van der Waals surface area contributed by atoms with Crippen LogP contribution in [0.4, 0.5) is 11.7 Å². The lowest BCUT2D eigenvalue weighted by Crippen LogP contribution is -2.46. The van der Waals surface area contributed by atoms with Crippen molar-refractivity contribution in [3.8, 4) is 0 Å².